The first kappa shape index (κ1) is 11.3. The maximum Gasteiger partial charge on any atom is 0.221 e. The zero-order valence-corrected chi connectivity index (χ0v) is 10.3. The van der Waals surface area contributed by atoms with Crippen molar-refractivity contribution in [3.05, 3.63) is 0 Å². The van der Waals surface area contributed by atoms with E-state index in [0.29, 0.717) is 23.9 Å². The maximum atomic E-state index is 11.1. The minimum Gasteiger partial charge on any atom is -0.354 e. The van der Waals surface area contributed by atoms with E-state index in [1.807, 2.05) is 11.8 Å². The summed E-state index contributed by atoms with van der Waals surface area (Å²) in [5.74, 6) is 2.64. The Balaban J connectivity index is 1.89. The summed E-state index contributed by atoms with van der Waals surface area (Å²) in [7, 11) is 0. The second kappa shape index (κ2) is 4.34. The Labute approximate surface area is 95.8 Å². The van der Waals surface area contributed by atoms with Crippen LogP contribution in [0.2, 0.25) is 0 Å². The molecule has 0 aromatic heterocycles. The summed E-state index contributed by atoms with van der Waals surface area (Å²) < 4.78 is 0. The van der Waals surface area contributed by atoms with E-state index in [0.717, 1.165) is 6.54 Å². The number of rotatable bonds is 2. The molecule has 0 saturated carbocycles. The van der Waals surface area contributed by atoms with E-state index in [1.165, 1.54) is 17.9 Å². The highest BCUT2D eigenvalue weighted by Gasteiger charge is 2.35. The Hall–Kier alpha value is -0.220. The zero-order chi connectivity index (χ0) is 10.9. The lowest BCUT2D eigenvalue weighted by Gasteiger charge is -2.40. The minimum atomic E-state index is 0.189. The third kappa shape index (κ3) is 2.67. The van der Waals surface area contributed by atoms with Gasteiger partial charge in [-0.05, 0) is 17.6 Å². The van der Waals surface area contributed by atoms with Gasteiger partial charge in [0.05, 0.1) is 0 Å². The first-order valence-electron chi connectivity index (χ1n) is 5.68. The summed E-state index contributed by atoms with van der Waals surface area (Å²) in [6.07, 6.45) is 1.92. The lowest BCUT2D eigenvalue weighted by molar-refractivity contribution is -0.119. The van der Waals surface area contributed by atoms with Crippen LogP contribution in [-0.4, -0.2) is 36.0 Å². The fourth-order valence-corrected chi connectivity index (χ4v) is 3.84. The third-order valence-corrected chi connectivity index (χ3v) is 4.59. The average Bonchev–Trinajstić information content (AvgIpc) is 2.55. The van der Waals surface area contributed by atoms with Crippen molar-refractivity contribution >= 4 is 17.7 Å². The van der Waals surface area contributed by atoms with E-state index < -0.39 is 0 Å². The van der Waals surface area contributed by atoms with E-state index >= 15 is 0 Å². The number of hydrogen-bond acceptors (Lipinski definition) is 3. The number of amides is 1. The van der Waals surface area contributed by atoms with Crippen molar-refractivity contribution in [2.24, 2.45) is 5.41 Å². The molecule has 4 heteroatoms. The molecule has 2 fully saturated rings. The van der Waals surface area contributed by atoms with Crippen LogP contribution in [0.3, 0.4) is 0 Å². The predicted molar refractivity (Wildman–Crippen MR) is 64.1 cm³/mol. The minimum absolute atomic E-state index is 0.189. The fraction of sp³-hybridized carbons (Fsp3) is 0.909. The highest BCUT2D eigenvalue weighted by molar-refractivity contribution is 7.99. The molecule has 0 aromatic carbocycles. The van der Waals surface area contributed by atoms with Gasteiger partial charge in [0.25, 0.3) is 0 Å². The van der Waals surface area contributed by atoms with Crippen molar-refractivity contribution in [2.75, 3.05) is 18.1 Å². The first-order valence-corrected chi connectivity index (χ1v) is 6.84. The number of hydrogen-bond donors (Lipinski definition) is 2. The topological polar surface area (TPSA) is 41.1 Å². The molecule has 2 rings (SSSR count). The summed E-state index contributed by atoms with van der Waals surface area (Å²) >= 11 is 2.02. The van der Waals surface area contributed by atoms with Crippen LogP contribution in [0.15, 0.2) is 0 Å². The van der Waals surface area contributed by atoms with Crippen LogP contribution in [0.1, 0.15) is 26.7 Å². The lowest BCUT2D eigenvalue weighted by Crippen LogP contribution is -2.51. The van der Waals surface area contributed by atoms with Crippen molar-refractivity contribution in [1.29, 1.82) is 0 Å². The smallest absolute Gasteiger partial charge is 0.221 e. The Kier molecular flexibility index (Phi) is 3.26. The van der Waals surface area contributed by atoms with Crippen molar-refractivity contribution in [3.8, 4) is 0 Å². The van der Waals surface area contributed by atoms with E-state index in [1.54, 1.807) is 0 Å². The van der Waals surface area contributed by atoms with Gasteiger partial charge in [-0.3, -0.25) is 4.79 Å². The average molecular weight is 228 g/mol. The molecule has 86 valence electrons. The van der Waals surface area contributed by atoms with Gasteiger partial charge in [0.1, 0.15) is 0 Å². The molecule has 0 bridgehead atoms. The van der Waals surface area contributed by atoms with Crippen molar-refractivity contribution in [1.82, 2.24) is 10.6 Å². The van der Waals surface area contributed by atoms with E-state index in [2.05, 4.69) is 24.5 Å². The monoisotopic (exact) mass is 228 g/mol. The zero-order valence-electron chi connectivity index (χ0n) is 9.51. The van der Waals surface area contributed by atoms with Crippen LogP contribution in [0.25, 0.3) is 0 Å². The van der Waals surface area contributed by atoms with Crippen molar-refractivity contribution in [2.45, 2.75) is 38.8 Å². The lowest BCUT2D eigenvalue weighted by atomic mass is 9.82. The SMILES string of the molecule is CC1(C)CCSCC1NC1CNC(=O)C1. The highest BCUT2D eigenvalue weighted by atomic mass is 32.2. The van der Waals surface area contributed by atoms with Crippen LogP contribution in [0.4, 0.5) is 0 Å². The van der Waals surface area contributed by atoms with E-state index in [4.69, 9.17) is 0 Å². The van der Waals surface area contributed by atoms with Gasteiger partial charge in [0.15, 0.2) is 0 Å². The van der Waals surface area contributed by atoms with E-state index in [-0.39, 0.29) is 5.91 Å². The Morgan fingerprint density at radius 2 is 2.33 bits per heavy atom. The van der Waals surface area contributed by atoms with Gasteiger partial charge in [-0.1, -0.05) is 13.8 Å². The van der Waals surface area contributed by atoms with Gasteiger partial charge < -0.3 is 10.6 Å². The van der Waals surface area contributed by atoms with Gasteiger partial charge in [-0.25, -0.2) is 0 Å². The van der Waals surface area contributed by atoms with Crippen molar-refractivity contribution in [3.63, 3.8) is 0 Å². The Bertz CT molecular complexity index is 255. The molecule has 2 heterocycles. The maximum absolute atomic E-state index is 11.1. The summed E-state index contributed by atoms with van der Waals surface area (Å²) in [6, 6.07) is 0.898. The van der Waals surface area contributed by atoms with E-state index in [9.17, 15) is 4.79 Å². The van der Waals surface area contributed by atoms with Gasteiger partial charge in [-0.2, -0.15) is 11.8 Å². The molecular formula is C11H20N2OS. The third-order valence-electron chi connectivity index (χ3n) is 3.53. The molecule has 3 nitrogen and oxygen atoms in total. The second-order valence-corrected chi connectivity index (χ2v) is 6.39. The molecule has 2 aliphatic rings. The molecule has 0 aliphatic carbocycles. The summed E-state index contributed by atoms with van der Waals surface area (Å²) in [4.78, 5) is 11.1. The van der Waals surface area contributed by atoms with Crippen molar-refractivity contribution < 1.29 is 4.79 Å². The van der Waals surface area contributed by atoms with Gasteiger partial charge >= 0.3 is 0 Å². The van der Waals surface area contributed by atoms with Gasteiger partial charge in [-0.15, -0.1) is 0 Å². The first-order chi connectivity index (χ1) is 7.08. The fourth-order valence-electron chi connectivity index (χ4n) is 2.22. The molecule has 0 spiro atoms. The predicted octanol–water partition coefficient (Wildman–Crippen LogP) is 0.996. The number of nitrogens with one attached hydrogen (secondary N) is 2. The molecule has 0 radical (unpaired) electrons. The molecule has 2 aliphatic heterocycles. The summed E-state index contributed by atoms with van der Waals surface area (Å²) in [6.45, 7) is 5.46. The molecule has 2 saturated heterocycles. The Morgan fingerprint density at radius 1 is 1.53 bits per heavy atom. The second-order valence-electron chi connectivity index (χ2n) is 5.24. The number of carbonyl (C=O) groups excluding carboxylic acids is 1. The molecule has 2 unspecified atom stereocenters. The van der Waals surface area contributed by atoms with Crippen LogP contribution < -0.4 is 10.6 Å². The number of thioether (sulfide) groups is 1. The largest absolute Gasteiger partial charge is 0.354 e. The van der Waals surface area contributed by atoms with Gasteiger partial charge in [0, 0.05) is 30.8 Å². The molecule has 15 heavy (non-hydrogen) atoms. The highest BCUT2D eigenvalue weighted by Crippen LogP contribution is 2.34. The van der Waals surface area contributed by atoms with Gasteiger partial charge in [0.2, 0.25) is 5.91 Å². The molecular weight excluding hydrogens is 208 g/mol. The van der Waals surface area contributed by atoms with Crippen LogP contribution >= 0.6 is 11.8 Å². The molecule has 0 aromatic rings. The summed E-state index contributed by atoms with van der Waals surface area (Å²) in [5, 5.41) is 6.51. The summed E-state index contributed by atoms with van der Waals surface area (Å²) in [5.41, 5.74) is 0.372. The van der Waals surface area contributed by atoms with Crippen LogP contribution in [0.5, 0.6) is 0 Å². The van der Waals surface area contributed by atoms with Crippen LogP contribution in [-0.2, 0) is 4.79 Å². The standard InChI is InChI=1S/C11H20N2OS/c1-11(2)3-4-15-7-9(11)13-8-5-10(14)12-6-8/h8-9,13H,3-7H2,1-2H3,(H,12,14). The molecule has 1 amide bonds. The normalized spacial score (nSPS) is 35.2. The number of carbonyl (C=O) groups is 1. The molecule has 2 N–H and O–H groups in total. The Morgan fingerprint density at radius 3 is 2.93 bits per heavy atom. The molecule has 2 atom stereocenters. The quantitative estimate of drug-likeness (QED) is 0.741. The van der Waals surface area contributed by atoms with Crippen LogP contribution in [0, 0.1) is 5.41 Å².